The molecule has 0 aromatic carbocycles. The average molecular weight is 1410 g/mol. The zero-order valence-corrected chi connectivity index (χ0v) is 64.6. The van der Waals surface area contributed by atoms with Crippen LogP contribution in [0.3, 0.4) is 0 Å². The maximum absolute atomic E-state index is 13.1. The van der Waals surface area contributed by atoms with Crippen molar-refractivity contribution in [3.63, 3.8) is 0 Å². The molecular weight excluding hydrogens is 1260 g/mol. The minimum atomic E-state index is -4.96. The molecule has 0 aromatic rings. The Hall–Kier alpha value is -1.94. The highest BCUT2D eigenvalue weighted by atomic mass is 31.2. The second-order valence-corrected chi connectivity index (χ2v) is 31.6. The van der Waals surface area contributed by atoms with Crippen LogP contribution >= 0.6 is 15.6 Å². The predicted molar refractivity (Wildman–Crippen MR) is 391 cm³/mol. The molecule has 0 saturated heterocycles. The van der Waals surface area contributed by atoms with Crippen LogP contribution in [0.2, 0.25) is 0 Å². The van der Waals surface area contributed by atoms with Gasteiger partial charge in [0.25, 0.3) is 0 Å². The first-order valence-electron chi connectivity index (χ1n) is 39.9. The van der Waals surface area contributed by atoms with Crippen LogP contribution in [-0.4, -0.2) is 96.7 Å². The molecule has 0 rings (SSSR count). The standard InChI is InChI=1S/C77H150O17P2/c1-8-11-12-13-14-15-30-37-44-51-58-74(79)87-65-73(94-77(82)61-54-47-40-33-34-41-48-55-68(4)5)67-92-96(85,86)90-63-71(78)62-89-95(83,84)91-66-72(64-88-75(80)59-52-45-38-31-27-26-29-36-43-50-57-70(7)10-3)93-76(81)60-53-46-39-32-25-23-21-19-17-16-18-20-22-24-28-35-42-49-56-69(6)9-2/h68-73,78H,8-67H2,1-7H3,(H,83,84)(H,85,86)/t69?,70?,71-,72-,73-/m1/s1. The number of carbonyl (C=O) groups is 4. The largest absolute Gasteiger partial charge is 0.472 e. The van der Waals surface area contributed by atoms with Crippen LogP contribution in [0.4, 0.5) is 0 Å². The summed E-state index contributed by atoms with van der Waals surface area (Å²) < 4.78 is 68.5. The van der Waals surface area contributed by atoms with Crippen LogP contribution in [0.25, 0.3) is 0 Å². The topological polar surface area (TPSA) is 237 Å². The van der Waals surface area contributed by atoms with Gasteiger partial charge in [0.15, 0.2) is 12.2 Å². The minimum absolute atomic E-state index is 0.103. The summed E-state index contributed by atoms with van der Waals surface area (Å²) in [7, 11) is -9.91. The van der Waals surface area contributed by atoms with Crippen LogP contribution in [0.5, 0.6) is 0 Å². The van der Waals surface area contributed by atoms with Crippen LogP contribution < -0.4 is 0 Å². The number of aliphatic hydroxyl groups is 1. The smallest absolute Gasteiger partial charge is 0.462 e. The number of carbonyl (C=O) groups excluding carboxylic acids is 4. The Morgan fingerprint density at radius 2 is 0.531 bits per heavy atom. The lowest BCUT2D eigenvalue weighted by Gasteiger charge is -2.21. The summed E-state index contributed by atoms with van der Waals surface area (Å²) in [5, 5.41) is 10.6. The fourth-order valence-electron chi connectivity index (χ4n) is 11.7. The Morgan fingerprint density at radius 3 is 0.792 bits per heavy atom. The SMILES string of the molecule is CCCCCCCCCCCCC(=O)OC[C@H](COP(=O)(O)OC[C@H](O)COP(=O)(O)OC[C@@H](COC(=O)CCCCCCCCCCCCC(C)CC)OC(=O)CCCCCCCCCCCCCCCCCCCCC(C)CC)OC(=O)CCCCCCCCCC(C)C. The fraction of sp³-hybridized carbons (Fsp3) is 0.948. The lowest BCUT2D eigenvalue weighted by Crippen LogP contribution is -2.30. The quantitative estimate of drug-likeness (QED) is 0.0222. The third kappa shape index (κ3) is 67.9. The van der Waals surface area contributed by atoms with Gasteiger partial charge in [0.2, 0.25) is 0 Å². The van der Waals surface area contributed by atoms with Gasteiger partial charge in [-0.25, -0.2) is 9.13 Å². The van der Waals surface area contributed by atoms with Gasteiger partial charge in [-0.1, -0.05) is 344 Å². The van der Waals surface area contributed by atoms with Crippen molar-refractivity contribution in [3.8, 4) is 0 Å². The number of phosphoric acid groups is 2. The van der Waals surface area contributed by atoms with E-state index in [4.69, 9.17) is 37.0 Å². The molecule has 96 heavy (non-hydrogen) atoms. The summed E-state index contributed by atoms with van der Waals surface area (Å²) in [6, 6.07) is 0. The molecule has 0 aromatic heterocycles. The van der Waals surface area contributed by atoms with E-state index < -0.39 is 97.5 Å². The Labute approximate surface area is 588 Å². The highest BCUT2D eigenvalue weighted by molar-refractivity contribution is 7.47. The lowest BCUT2D eigenvalue weighted by molar-refractivity contribution is -0.161. The van der Waals surface area contributed by atoms with Gasteiger partial charge in [0.1, 0.15) is 19.3 Å². The summed E-state index contributed by atoms with van der Waals surface area (Å²) in [5.41, 5.74) is 0. The molecule has 17 nitrogen and oxygen atoms in total. The number of ether oxygens (including phenoxy) is 4. The number of unbranched alkanes of at least 4 members (excludes halogenated alkanes) is 41. The summed E-state index contributed by atoms with van der Waals surface area (Å²) in [5.74, 6) is 0.256. The van der Waals surface area contributed by atoms with Gasteiger partial charge in [-0.3, -0.25) is 37.3 Å². The van der Waals surface area contributed by atoms with E-state index in [9.17, 15) is 43.2 Å². The predicted octanol–water partition coefficient (Wildman–Crippen LogP) is 22.6. The molecule has 0 amide bonds. The van der Waals surface area contributed by atoms with Crippen molar-refractivity contribution < 1.29 is 80.2 Å². The van der Waals surface area contributed by atoms with E-state index in [1.807, 2.05) is 0 Å². The molecule has 570 valence electrons. The molecule has 0 aliphatic carbocycles. The molecule has 7 atom stereocenters. The highest BCUT2D eigenvalue weighted by Crippen LogP contribution is 2.45. The summed E-state index contributed by atoms with van der Waals surface area (Å²) in [6.45, 7) is 11.9. The van der Waals surface area contributed by atoms with E-state index >= 15 is 0 Å². The van der Waals surface area contributed by atoms with E-state index in [1.54, 1.807) is 0 Å². The van der Waals surface area contributed by atoms with Gasteiger partial charge in [-0.2, -0.15) is 0 Å². The number of aliphatic hydroxyl groups excluding tert-OH is 1. The fourth-order valence-corrected chi connectivity index (χ4v) is 13.3. The molecule has 0 aliphatic rings. The third-order valence-electron chi connectivity index (χ3n) is 18.6. The van der Waals surface area contributed by atoms with Crippen LogP contribution in [0.15, 0.2) is 0 Å². The summed E-state index contributed by atoms with van der Waals surface area (Å²) in [6.07, 6.45) is 54.2. The van der Waals surface area contributed by atoms with E-state index in [1.165, 1.54) is 205 Å². The molecule has 0 heterocycles. The maximum Gasteiger partial charge on any atom is 0.472 e. The Bertz CT molecular complexity index is 1870. The van der Waals surface area contributed by atoms with Crippen molar-refractivity contribution in [2.24, 2.45) is 17.8 Å². The molecule has 0 bridgehead atoms. The number of esters is 4. The average Bonchev–Trinajstić information content (AvgIpc) is 1.12. The van der Waals surface area contributed by atoms with Crippen molar-refractivity contribution in [1.29, 1.82) is 0 Å². The van der Waals surface area contributed by atoms with Crippen molar-refractivity contribution >= 4 is 39.5 Å². The zero-order chi connectivity index (χ0) is 70.9. The van der Waals surface area contributed by atoms with Gasteiger partial charge in [-0.15, -0.1) is 0 Å². The molecule has 0 saturated carbocycles. The van der Waals surface area contributed by atoms with Gasteiger partial charge < -0.3 is 33.8 Å². The molecule has 3 N–H and O–H groups in total. The zero-order valence-electron chi connectivity index (χ0n) is 62.8. The van der Waals surface area contributed by atoms with Crippen molar-refractivity contribution in [2.75, 3.05) is 39.6 Å². The molecular formula is C77H150O17P2. The van der Waals surface area contributed by atoms with E-state index in [2.05, 4.69) is 48.5 Å². The van der Waals surface area contributed by atoms with Crippen molar-refractivity contribution in [1.82, 2.24) is 0 Å². The van der Waals surface area contributed by atoms with Gasteiger partial charge >= 0.3 is 39.5 Å². The number of phosphoric ester groups is 2. The molecule has 0 aliphatic heterocycles. The van der Waals surface area contributed by atoms with Gasteiger partial charge in [0.05, 0.1) is 26.4 Å². The Balaban J connectivity index is 5.19. The molecule has 0 spiro atoms. The first kappa shape index (κ1) is 94.1. The third-order valence-corrected chi connectivity index (χ3v) is 20.5. The second kappa shape index (κ2) is 67.5. The molecule has 0 radical (unpaired) electrons. The van der Waals surface area contributed by atoms with Crippen molar-refractivity contribution in [3.05, 3.63) is 0 Å². The monoisotopic (exact) mass is 1410 g/mol. The summed E-state index contributed by atoms with van der Waals surface area (Å²) in [4.78, 5) is 72.7. The molecule has 0 fully saturated rings. The van der Waals surface area contributed by atoms with E-state index in [-0.39, 0.29) is 25.7 Å². The number of hydrogen-bond donors (Lipinski definition) is 3. The van der Waals surface area contributed by atoms with Crippen LogP contribution in [0, 0.1) is 17.8 Å². The van der Waals surface area contributed by atoms with E-state index in [0.29, 0.717) is 31.6 Å². The second-order valence-electron chi connectivity index (χ2n) is 28.7. The van der Waals surface area contributed by atoms with Crippen LogP contribution in [-0.2, 0) is 65.4 Å². The summed E-state index contributed by atoms with van der Waals surface area (Å²) >= 11 is 0. The first-order valence-corrected chi connectivity index (χ1v) is 42.9. The molecule has 19 heteroatoms. The molecule has 4 unspecified atom stereocenters. The van der Waals surface area contributed by atoms with Crippen LogP contribution in [0.1, 0.15) is 395 Å². The normalized spacial score (nSPS) is 14.6. The van der Waals surface area contributed by atoms with Gasteiger partial charge in [0, 0.05) is 25.7 Å². The van der Waals surface area contributed by atoms with Gasteiger partial charge in [-0.05, 0) is 43.4 Å². The highest BCUT2D eigenvalue weighted by Gasteiger charge is 2.30. The maximum atomic E-state index is 13.1. The van der Waals surface area contributed by atoms with E-state index in [0.717, 1.165) is 102 Å². The first-order chi connectivity index (χ1) is 46.3. The Morgan fingerprint density at radius 1 is 0.302 bits per heavy atom. The number of rotatable bonds is 75. The Kier molecular flexibility index (Phi) is 66.2. The number of hydrogen-bond acceptors (Lipinski definition) is 15. The van der Waals surface area contributed by atoms with Crippen molar-refractivity contribution in [2.45, 2.75) is 414 Å². The minimum Gasteiger partial charge on any atom is -0.462 e. The lowest BCUT2D eigenvalue weighted by atomic mass is 9.99.